The number of amides is 2. The van der Waals surface area contributed by atoms with Crippen LogP contribution in [-0.2, 0) is 9.59 Å². The number of hydrogen-bond donors (Lipinski definition) is 3. The van der Waals surface area contributed by atoms with Crippen molar-refractivity contribution in [1.82, 2.24) is 15.5 Å². The van der Waals surface area contributed by atoms with Gasteiger partial charge in [0.15, 0.2) is 5.96 Å². The highest BCUT2D eigenvalue weighted by molar-refractivity contribution is 6.06. The molecule has 3 N–H and O–H groups in total. The first-order chi connectivity index (χ1) is 15.5. The van der Waals surface area contributed by atoms with Crippen LogP contribution in [-0.4, -0.2) is 55.4 Å². The maximum Gasteiger partial charge on any atom is 0.233 e. The SMILES string of the molecule is CN=C(NCCCN1C(=O)C2C3C=CC(C3)C2C1=O)NCC(Nc1ccccc1)C(C)C. The van der Waals surface area contributed by atoms with Crippen LogP contribution in [0.15, 0.2) is 47.5 Å². The zero-order valence-electron chi connectivity index (χ0n) is 19.3. The van der Waals surface area contributed by atoms with Crippen LogP contribution < -0.4 is 16.0 Å². The molecule has 0 aromatic heterocycles. The number of benzene rings is 1. The van der Waals surface area contributed by atoms with Crippen LogP contribution in [0.1, 0.15) is 26.7 Å². The maximum atomic E-state index is 12.8. The minimum absolute atomic E-state index is 0.0334. The van der Waals surface area contributed by atoms with E-state index in [1.165, 1.54) is 4.90 Å². The third kappa shape index (κ3) is 4.52. The zero-order chi connectivity index (χ0) is 22.7. The fourth-order valence-corrected chi connectivity index (χ4v) is 5.26. The summed E-state index contributed by atoms with van der Waals surface area (Å²) in [6.07, 6.45) is 5.95. The zero-order valence-corrected chi connectivity index (χ0v) is 19.3. The maximum absolute atomic E-state index is 12.8. The Balaban J connectivity index is 1.20. The standard InChI is InChI=1S/C25H35N5O2/c1-16(2)20(29-19-8-5-4-6-9-19)15-28-25(26-3)27-12-7-13-30-23(31)21-17-10-11-18(14-17)22(21)24(30)32/h4-6,8-11,16-18,20-22,29H,7,12-15H2,1-3H3,(H2,26,27,28). The van der Waals surface area contributed by atoms with Gasteiger partial charge < -0.3 is 16.0 Å². The first kappa shape index (κ1) is 22.4. The largest absolute Gasteiger partial charge is 0.380 e. The van der Waals surface area contributed by atoms with Gasteiger partial charge in [0, 0.05) is 38.4 Å². The molecule has 5 atom stereocenters. The van der Waals surface area contributed by atoms with Gasteiger partial charge in [0.25, 0.3) is 0 Å². The Kier molecular flexibility index (Phi) is 6.82. The van der Waals surface area contributed by atoms with Crippen molar-refractivity contribution in [3.05, 3.63) is 42.5 Å². The van der Waals surface area contributed by atoms with Crippen molar-refractivity contribution in [3.8, 4) is 0 Å². The van der Waals surface area contributed by atoms with E-state index in [1.807, 2.05) is 18.2 Å². The average Bonchev–Trinajstić information content (AvgIpc) is 3.47. The Labute approximate surface area is 190 Å². The van der Waals surface area contributed by atoms with Crippen LogP contribution in [0.2, 0.25) is 0 Å². The Morgan fingerprint density at radius 1 is 1.06 bits per heavy atom. The van der Waals surface area contributed by atoms with Crippen LogP contribution in [0, 0.1) is 29.6 Å². The fourth-order valence-electron chi connectivity index (χ4n) is 5.26. The number of likely N-dealkylation sites (tertiary alicyclic amines) is 1. The van der Waals surface area contributed by atoms with E-state index in [0.717, 1.165) is 24.6 Å². The third-order valence-corrected chi connectivity index (χ3v) is 7.06. The van der Waals surface area contributed by atoms with Crippen molar-refractivity contribution in [2.24, 2.45) is 34.6 Å². The number of allylic oxidation sites excluding steroid dienone is 2. The van der Waals surface area contributed by atoms with Crippen LogP contribution in [0.5, 0.6) is 0 Å². The van der Waals surface area contributed by atoms with Crippen molar-refractivity contribution in [3.63, 3.8) is 0 Å². The monoisotopic (exact) mass is 437 g/mol. The molecule has 2 aliphatic carbocycles. The Morgan fingerprint density at radius 3 is 2.31 bits per heavy atom. The molecule has 0 radical (unpaired) electrons. The summed E-state index contributed by atoms with van der Waals surface area (Å²) in [5.74, 6) is 1.56. The minimum atomic E-state index is -0.107. The van der Waals surface area contributed by atoms with Crippen molar-refractivity contribution >= 4 is 23.5 Å². The van der Waals surface area contributed by atoms with Crippen LogP contribution in [0.3, 0.4) is 0 Å². The number of rotatable bonds is 9. The molecular weight excluding hydrogens is 402 g/mol. The van der Waals surface area contributed by atoms with Crippen molar-refractivity contribution in [2.45, 2.75) is 32.7 Å². The van der Waals surface area contributed by atoms with E-state index in [9.17, 15) is 9.59 Å². The van der Waals surface area contributed by atoms with Gasteiger partial charge in [-0.25, -0.2) is 0 Å². The van der Waals surface area contributed by atoms with Gasteiger partial charge in [-0.3, -0.25) is 19.5 Å². The molecule has 4 rings (SSSR count). The first-order valence-corrected chi connectivity index (χ1v) is 11.8. The number of imide groups is 1. The topological polar surface area (TPSA) is 85.8 Å². The summed E-state index contributed by atoms with van der Waals surface area (Å²) in [6.45, 7) is 6.24. The molecule has 1 saturated carbocycles. The quantitative estimate of drug-likeness (QED) is 0.182. The lowest BCUT2D eigenvalue weighted by atomic mass is 9.85. The molecule has 0 spiro atoms. The summed E-state index contributed by atoms with van der Waals surface area (Å²) in [5, 5.41) is 10.3. The minimum Gasteiger partial charge on any atom is -0.380 e. The lowest BCUT2D eigenvalue weighted by Gasteiger charge is -2.25. The highest BCUT2D eigenvalue weighted by atomic mass is 16.2. The van der Waals surface area contributed by atoms with E-state index < -0.39 is 0 Å². The van der Waals surface area contributed by atoms with Gasteiger partial charge in [0.2, 0.25) is 11.8 Å². The molecule has 2 fully saturated rings. The van der Waals surface area contributed by atoms with Gasteiger partial charge in [-0.1, -0.05) is 44.2 Å². The van der Waals surface area contributed by atoms with E-state index in [4.69, 9.17) is 0 Å². The lowest BCUT2D eigenvalue weighted by Crippen LogP contribution is -2.45. The number of anilines is 1. The second-order valence-corrected chi connectivity index (χ2v) is 9.42. The average molecular weight is 438 g/mol. The fraction of sp³-hybridized carbons (Fsp3) is 0.560. The van der Waals surface area contributed by atoms with E-state index in [2.05, 4.69) is 59.1 Å². The Bertz CT molecular complexity index is 852. The molecule has 2 bridgehead atoms. The van der Waals surface area contributed by atoms with Crippen molar-refractivity contribution < 1.29 is 9.59 Å². The number of hydrogen-bond acceptors (Lipinski definition) is 4. The number of carbonyl (C=O) groups excluding carboxylic acids is 2. The van der Waals surface area contributed by atoms with Crippen LogP contribution >= 0.6 is 0 Å². The molecule has 1 aliphatic heterocycles. The molecule has 5 unspecified atom stereocenters. The molecule has 7 nitrogen and oxygen atoms in total. The number of fused-ring (bicyclic) bond motifs is 5. The molecule has 1 aromatic rings. The summed E-state index contributed by atoms with van der Waals surface area (Å²) >= 11 is 0. The smallest absolute Gasteiger partial charge is 0.233 e. The number of para-hydroxylation sites is 1. The molecule has 1 heterocycles. The van der Waals surface area contributed by atoms with Gasteiger partial charge in [-0.05, 0) is 42.7 Å². The van der Waals surface area contributed by atoms with Gasteiger partial charge in [-0.15, -0.1) is 0 Å². The van der Waals surface area contributed by atoms with Gasteiger partial charge in [0.1, 0.15) is 0 Å². The number of aliphatic imine (C=N–C) groups is 1. The summed E-state index contributed by atoms with van der Waals surface area (Å²) in [7, 11) is 1.75. The van der Waals surface area contributed by atoms with Gasteiger partial charge >= 0.3 is 0 Å². The van der Waals surface area contributed by atoms with Crippen LogP contribution in [0.25, 0.3) is 0 Å². The van der Waals surface area contributed by atoms with Crippen molar-refractivity contribution in [2.75, 3.05) is 32.0 Å². The molecule has 32 heavy (non-hydrogen) atoms. The molecule has 172 valence electrons. The number of nitrogens with one attached hydrogen (secondary N) is 3. The third-order valence-electron chi connectivity index (χ3n) is 7.06. The van der Waals surface area contributed by atoms with Gasteiger partial charge in [0.05, 0.1) is 11.8 Å². The molecule has 2 amide bonds. The summed E-state index contributed by atoms with van der Waals surface area (Å²) in [6, 6.07) is 10.4. The highest BCUT2D eigenvalue weighted by Crippen LogP contribution is 2.52. The Morgan fingerprint density at radius 2 is 1.72 bits per heavy atom. The number of carbonyl (C=O) groups is 2. The predicted octanol–water partition coefficient (Wildman–Crippen LogP) is 2.49. The van der Waals surface area contributed by atoms with E-state index in [-0.39, 0.29) is 41.5 Å². The highest BCUT2D eigenvalue weighted by Gasteiger charge is 2.58. The van der Waals surface area contributed by atoms with Gasteiger partial charge in [-0.2, -0.15) is 0 Å². The number of guanidine groups is 1. The second kappa shape index (κ2) is 9.76. The number of nitrogens with zero attached hydrogens (tertiary/aromatic N) is 2. The van der Waals surface area contributed by atoms with E-state index >= 15 is 0 Å². The Hall–Kier alpha value is -2.83. The molecule has 1 aromatic carbocycles. The normalized spacial score (nSPS) is 27.2. The van der Waals surface area contributed by atoms with E-state index in [1.54, 1.807) is 7.05 Å². The van der Waals surface area contributed by atoms with Crippen molar-refractivity contribution in [1.29, 1.82) is 0 Å². The lowest BCUT2D eigenvalue weighted by molar-refractivity contribution is -0.140. The molecule has 7 heteroatoms. The molecular formula is C25H35N5O2. The van der Waals surface area contributed by atoms with Crippen LogP contribution in [0.4, 0.5) is 5.69 Å². The molecule has 3 aliphatic rings. The summed E-state index contributed by atoms with van der Waals surface area (Å²) in [4.78, 5) is 31.4. The van der Waals surface area contributed by atoms with E-state index in [0.29, 0.717) is 25.4 Å². The second-order valence-electron chi connectivity index (χ2n) is 9.42. The predicted molar refractivity (Wildman–Crippen MR) is 127 cm³/mol. The molecule has 1 saturated heterocycles. The summed E-state index contributed by atoms with van der Waals surface area (Å²) < 4.78 is 0. The first-order valence-electron chi connectivity index (χ1n) is 11.8. The summed E-state index contributed by atoms with van der Waals surface area (Å²) in [5.41, 5.74) is 1.10.